The number of nitrogens with two attached hydrogens (primary N) is 1. The Kier molecular flexibility index (Phi) is 2.72. The van der Waals surface area contributed by atoms with Crippen molar-refractivity contribution in [1.82, 2.24) is 4.98 Å². The first kappa shape index (κ1) is 11.2. The van der Waals surface area contributed by atoms with Gasteiger partial charge in [-0.15, -0.1) is 11.8 Å². The van der Waals surface area contributed by atoms with Crippen LogP contribution in [-0.4, -0.2) is 11.2 Å². The Bertz CT molecular complexity index is 689. The van der Waals surface area contributed by atoms with E-state index in [9.17, 15) is 0 Å². The van der Waals surface area contributed by atoms with E-state index in [1.54, 1.807) is 17.8 Å². The van der Waals surface area contributed by atoms with Gasteiger partial charge in [-0.2, -0.15) is 0 Å². The molecule has 0 saturated carbocycles. The maximum absolute atomic E-state index is 5.72. The van der Waals surface area contributed by atoms with Crippen LogP contribution in [0.4, 0.5) is 5.69 Å². The van der Waals surface area contributed by atoms with Gasteiger partial charge in [-0.25, -0.2) is 4.98 Å². The first-order chi connectivity index (χ1) is 8.76. The number of hydrogen-bond donors (Lipinski definition) is 1. The van der Waals surface area contributed by atoms with Gasteiger partial charge in [0, 0.05) is 22.2 Å². The van der Waals surface area contributed by atoms with Crippen LogP contribution in [0.5, 0.6) is 0 Å². The molecule has 0 spiro atoms. The van der Waals surface area contributed by atoms with Gasteiger partial charge in [0.1, 0.15) is 5.52 Å². The molecule has 18 heavy (non-hydrogen) atoms. The fourth-order valence-corrected chi connectivity index (χ4v) is 2.21. The normalized spacial score (nSPS) is 10.9. The highest BCUT2D eigenvalue weighted by Gasteiger charge is 2.08. The Morgan fingerprint density at radius 1 is 1.11 bits per heavy atom. The van der Waals surface area contributed by atoms with E-state index in [0.717, 1.165) is 16.7 Å². The predicted molar refractivity (Wildman–Crippen MR) is 75.6 cm³/mol. The van der Waals surface area contributed by atoms with Gasteiger partial charge in [-0.3, -0.25) is 0 Å². The van der Waals surface area contributed by atoms with E-state index in [1.165, 1.54) is 4.90 Å². The van der Waals surface area contributed by atoms with Crippen LogP contribution in [0.15, 0.2) is 51.8 Å². The molecule has 3 nitrogen and oxygen atoms in total. The molecule has 4 heteroatoms. The van der Waals surface area contributed by atoms with Gasteiger partial charge in [-0.05, 0) is 42.7 Å². The van der Waals surface area contributed by atoms with Crippen molar-refractivity contribution in [2.75, 3.05) is 12.0 Å². The van der Waals surface area contributed by atoms with E-state index in [0.29, 0.717) is 11.6 Å². The minimum atomic E-state index is 0.628. The second-order valence-corrected chi connectivity index (χ2v) is 4.85. The Morgan fingerprint density at radius 2 is 1.89 bits per heavy atom. The van der Waals surface area contributed by atoms with E-state index in [2.05, 4.69) is 23.4 Å². The number of fused-ring (bicyclic) bond motifs is 1. The molecule has 0 unspecified atom stereocenters. The number of oxazole rings is 1. The van der Waals surface area contributed by atoms with E-state index in [4.69, 9.17) is 10.2 Å². The Morgan fingerprint density at radius 3 is 2.61 bits per heavy atom. The van der Waals surface area contributed by atoms with Crippen LogP contribution < -0.4 is 5.73 Å². The summed E-state index contributed by atoms with van der Waals surface area (Å²) in [6, 6.07) is 13.6. The monoisotopic (exact) mass is 256 g/mol. The van der Waals surface area contributed by atoms with Gasteiger partial charge in [0.25, 0.3) is 0 Å². The first-order valence-corrected chi connectivity index (χ1v) is 6.79. The van der Waals surface area contributed by atoms with Crippen molar-refractivity contribution in [1.29, 1.82) is 0 Å². The second-order valence-electron chi connectivity index (χ2n) is 3.97. The van der Waals surface area contributed by atoms with Gasteiger partial charge in [0.15, 0.2) is 5.58 Å². The third-order valence-corrected chi connectivity index (χ3v) is 3.49. The molecule has 0 amide bonds. The van der Waals surface area contributed by atoms with Crippen LogP contribution in [0, 0.1) is 0 Å². The van der Waals surface area contributed by atoms with Gasteiger partial charge in [0.05, 0.1) is 0 Å². The lowest BCUT2D eigenvalue weighted by Crippen LogP contribution is -1.81. The van der Waals surface area contributed by atoms with E-state index >= 15 is 0 Å². The number of nitrogens with zero attached hydrogens (tertiary/aromatic N) is 1. The lowest BCUT2D eigenvalue weighted by atomic mass is 10.2. The summed E-state index contributed by atoms with van der Waals surface area (Å²) < 4.78 is 5.71. The predicted octanol–water partition coefficient (Wildman–Crippen LogP) is 3.80. The SMILES string of the molecule is CSc1ccc(-c2nc3ccc(N)cc3o2)cc1. The molecule has 90 valence electrons. The van der Waals surface area contributed by atoms with Gasteiger partial charge < -0.3 is 10.2 Å². The smallest absolute Gasteiger partial charge is 0.227 e. The van der Waals surface area contributed by atoms with Crippen molar-refractivity contribution in [2.24, 2.45) is 0 Å². The number of rotatable bonds is 2. The Labute approximate surface area is 109 Å². The summed E-state index contributed by atoms with van der Waals surface area (Å²) in [5, 5.41) is 0. The molecule has 3 rings (SSSR count). The van der Waals surface area contributed by atoms with E-state index < -0.39 is 0 Å². The third-order valence-electron chi connectivity index (χ3n) is 2.75. The average Bonchev–Trinajstić information content (AvgIpc) is 2.81. The minimum Gasteiger partial charge on any atom is -0.436 e. The molecule has 0 aliphatic carbocycles. The molecular formula is C14H12N2OS. The highest BCUT2D eigenvalue weighted by atomic mass is 32.2. The summed E-state index contributed by atoms with van der Waals surface area (Å²) in [6.07, 6.45) is 2.05. The molecule has 2 aromatic carbocycles. The summed E-state index contributed by atoms with van der Waals surface area (Å²) in [7, 11) is 0. The lowest BCUT2D eigenvalue weighted by molar-refractivity contribution is 0.620. The summed E-state index contributed by atoms with van der Waals surface area (Å²) in [6.45, 7) is 0. The molecule has 3 aromatic rings. The second kappa shape index (κ2) is 4.38. The maximum atomic E-state index is 5.72. The molecule has 1 aromatic heterocycles. The van der Waals surface area contributed by atoms with Crippen molar-refractivity contribution < 1.29 is 4.42 Å². The van der Waals surface area contributed by atoms with Crippen LogP contribution in [0.3, 0.4) is 0 Å². The summed E-state index contributed by atoms with van der Waals surface area (Å²) in [4.78, 5) is 5.67. The molecule has 2 N–H and O–H groups in total. The highest BCUT2D eigenvalue weighted by Crippen LogP contribution is 2.26. The molecule has 0 bridgehead atoms. The molecule has 0 aliphatic rings. The van der Waals surface area contributed by atoms with Crippen molar-refractivity contribution in [2.45, 2.75) is 4.90 Å². The topological polar surface area (TPSA) is 52.0 Å². The number of nitrogen functional groups attached to an aromatic ring is 1. The number of anilines is 1. The number of thioether (sulfide) groups is 1. The maximum Gasteiger partial charge on any atom is 0.227 e. The lowest BCUT2D eigenvalue weighted by Gasteiger charge is -1.97. The zero-order chi connectivity index (χ0) is 12.5. The Hall–Kier alpha value is -1.94. The van der Waals surface area contributed by atoms with Gasteiger partial charge in [0.2, 0.25) is 5.89 Å². The summed E-state index contributed by atoms with van der Waals surface area (Å²) >= 11 is 1.71. The largest absolute Gasteiger partial charge is 0.436 e. The van der Waals surface area contributed by atoms with Crippen LogP contribution >= 0.6 is 11.8 Å². The van der Waals surface area contributed by atoms with Crippen LogP contribution in [-0.2, 0) is 0 Å². The Balaban J connectivity index is 2.07. The van der Waals surface area contributed by atoms with Gasteiger partial charge in [-0.1, -0.05) is 0 Å². The van der Waals surface area contributed by atoms with Crippen molar-refractivity contribution >= 4 is 28.5 Å². The van der Waals surface area contributed by atoms with E-state index in [1.807, 2.05) is 24.3 Å². The number of benzene rings is 2. The third kappa shape index (κ3) is 1.95. The van der Waals surface area contributed by atoms with Gasteiger partial charge >= 0.3 is 0 Å². The fourth-order valence-electron chi connectivity index (χ4n) is 1.80. The van der Waals surface area contributed by atoms with Crippen LogP contribution in [0.1, 0.15) is 0 Å². The van der Waals surface area contributed by atoms with Crippen molar-refractivity contribution in [3.05, 3.63) is 42.5 Å². The zero-order valence-electron chi connectivity index (χ0n) is 9.88. The van der Waals surface area contributed by atoms with E-state index in [-0.39, 0.29) is 0 Å². The van der Waals surface area contributed by atoms with Crippen LogP contribution in [0.2, 0.25) is 0 Å². The molecule has 0 aliphatic heterocycles. The van der Waals surface area contributed by atoms with Crippen molar-refractivity contribution in [3.8, 4) is 11.5 Å². The zero-order valence-corrected chi connectivity index (χ0v) is 10.7. The quantitative estimate of drug-likeness (QED) is 0.559. The molecule has 0 atom stereocenters. The standard InChI is InChI=1S/C14H12N2OS/c1-18-11-5-2-9(3-6-11)14-16-12-7-4-10(15)8-13(12)17-14/h2-8H,15H2,1H3. The van der Waals surface area contributed by atoms with Crippen LogP contribution in [0.25, 0.3) is 22.6 Å². The molecular weight excluding hydrogens is 244 g/mol. The molecule has 0 saturated heterocycles. The van der Waals surface area contributed by atoms with Crippen molar-refractivity contribution in [3.63, 3.8) is 0 Å². The highest BCUT2D eigenvalue weighted by molar-refractivity contribution is 7.98. The summed E-state index contributed by atoms with van der Waals surface area (Å²) in [5.41, 5.74) is 8.93. The molecule has 0 radical (unpaired) electrons. The molecule has 1 heterocycles. The fraction of sp³-hybridized carbons (Fsp3) is 0.0714. The number of hydrogen-bond acceptors (Lipinski definition) is 4. The number of aromatic nitrogens is 1. The first-order valence-electron chi connectivity index (χ1n) is 5.57. The average molecular weight is 256 g/mol. The minimum absolute atomic E-state index is 0.628. The molecule has 0 fully saturated rings. The summed E-state index contributed by atoms with van der Waals surface area (Å²) in [5.74, 6) is 0.628.